The molecule has 0 amide bonds. The number of benzene rings is 2. The van der Waals surface area contributed by atoms with Gasteiger partial charge in [0.2, 0.25) is 6.43 Å². The van der Waals surface area contributed by atoms with Crippen molar-refractivity contribution in [2.45, 2.75) is 82.8 Å². The molecule has 0 N–H and O–H groups in total. The standard InChI is InChI=1S/C20H27F2NO2.C20H28FNO2/c1-14(24)15-5-3-6-16(11-15)20(25-2)17-7-4-8-18(20)13-23(12-17)10-9-19(21)22;1-15(23)16-6-3-7-17(12-16)20(24-2)18-8-4-9-19(20)14-22(13-18)11-5-10-21/h3,5-6,11,17-19H,4,7-10,12-13H2,1-2H3;3,6-7,12,18-19H,4-5,8-11,13-14H2,1-2H3. The zero-order valence-electron chi connectivity index (χ0n) is 29.8. The lowest BCUT2D eigenvalue weighted by Gasteiger charge is -2.55. The molecule has 9 heteroatoms. The van der Waals surface area contributed by atoms with E-state index in [9.17, 15) is 22.8 Å². The normalized spacial score (nSPS) is 30.0. The molecule has 4 atom stereocenters. The summed E-state index contributed by atoms with van der Waals surface area (Å²) >= 11 is 0. The number of alkyl halides is 3. The SMILES string of the molecule is COC1(c2cccc(C(C)=O)c2)C2CCCC1CN(CCC(F)F)C2.COC1(c2cccc(C(C)=O)c2)C2CCCC1CN(CCCF)C2. The quantitative estimate of drug-likeness (QED) is 0.212. The maximum Gasteiger partial charge on any atom is 0.239 e. The lowest BCUT2D eigenvalue weighted by atomic mass is 9.62. The van der Waals surface area contributed by atoms with Crippen molar-refractivity contribution in [2.24, 2.45) is 23.7 Å². The van der Waals surface area contributed by atoms with Crippen molar-refractivity contribution < 1.29 is 32.2 Å². The Labute approximate surface area is 290 Å². The van der Waals surface area contributed by atoms with Gasteiger partial charge >= 0.3 is 0 Å². The highest BCUT2D eigenvalue weighted by molar-refractivity contribution is 5.94. The molecule has 6 rings (SSSR count). The highest BCUT2D eigenvalue weighted by atomic mass is 19.3. The number of hydrogen-bond donors (Lipinski definition) is 0. The van der Waals surface area contributed by atoms with Crippen molar-refractivity contribution in [3.05, 3.63) is 70.8 Å². The maximum atomic E-state index is 12.6. The molecule has 0 aromatic heterocycles. The van der Waals surface area contributed by atoms with Crippen LogP contribution in [-0.4, -0.2) is 88.0 Å². The van der Waals surface area contributed by atoms with Crippen LogP contribution in [0.2, 0.25) is 0 Å². The fourth-order valence-corrected chi connectivity index (χ4v) is 9.79. The van der Waals surface area contributed by atoms with E-state index in [4.69, 9.17) is 9.47 Å². The summed E-state index contributed by atoms with van der Waals surface area (Å²) in [5.41, 5.74) is 2.93. The first-order chi connectivity index (χ1) is 23.6. The first-order valence-corrected chi connectivity index (χ1v) is 18.2. The van der Waals surface area contributed by atoms with Crippen LogP contribution in [-0.2, 0) is 20.7 Å². The fraction of sp³-hybridized carbons (Fsp3) is 0.650. The first kappa shape index (κ1) is 37.7. The van der Waals surface area contributed by atoms with Crippen molar-refractivity contribution in [2.75, 3.05) is 60.2 Å². The molecule has 6 nitrogen and oxygen atoms in total. The predicted octanol–water partition coefficient (Wildman–Crippen LogP) is 7.94. The van der Waals surface area contributed by atoms with E-state index in [-0.39, 0.29) is 42.1 Å². The monoisotopic (exact) mass is 684 g/mol. The molecule has 0 radical (unpaired) electrons. The first-order valence-electron chi connectivity index (χ1n) is 18.2. The summed E-state index contributed by atoms with van der Waals surface area (Å²) in [5.74, 6) is 1.48. The zero-order valence-corrected chi connectivity index (χ0v) is 29.8. The Kier molecular flexibility index (Phi) is 12.8. The number of carbonyl (C=O) groups excluding carboxylic acids is 2. The van der Waals surface area contributed by atoms with Gasteiger partial charge in [0.1, 0.15) is 11.2 Å². The second-order valence-corrected chi connectivity index (χ2v) is 14.7. The zero-order chi connectivity index (χ0) is 35.2. The number of halogens is 3. The molecule has 2 aromatic rings. The molecular weight excluding hydrogens is 629 g/mol. The number of hydrogen-bond acceptors (Lipinski definition) is 6. The maximum absolute atomic E-state index is 12.6. The number of methoxy groups -OCH3 is 2. The predicted molar refractivity (Wildman–Crippen MR) is 186 cm³/mol. The van der Waals surface area contributed by atoms with E-state index in [1.807, 2.05) is 43.5 Å². The van der Waals surface area contributed by atoms with Gasteiger partial charge in [-0.15, -0.1) is 0 Å². The molecule has 4 aliphatic rings. The van der Waals surface area contributed by atoms with Crippen LogP contribution in [0.4, 0.5) is 13.2 Å². The minimum atomic E-state index is -2.25. The fourth-order valence-electron chi connectivity index (χ4n) is 9.79. The van der Waals surface area contributed by atoms with Gasteiger partial charge in [-0.25, -0.2) is 8.78 Å². The minimum absolute atomic E-state index is 0.0487. The molecule has 2 heterocycles. The molecule has 4 unspecified atom stereocenters. The average molecular weight is 685 g/mol. The van der Waals surface area contributed by atoms with Crippen molar-refractivity contribution >= 4 is 11.6 Å². The molecule has 270 valence electrons. The summed E-state index contributed by atoms with van der Waals surface area (Å²) in [6.45, 7) is 7.67. The number of fused-ring (bicyclic) bond motifs is 4. The van der Waals surface area contributed by atoms with E-state index in [0.29, 0.717) is 30.4 Å². The van der Waals surface area contributed by atoms with E-state index in [0.717, 1.165) is 81.5 Å². The molecule has 2 saturated carbocycles. The van der Waals surface area contributed by atoms with Crippen LogP contribution in [0, 0.1) is 23.7 Å². The van der Waals surface area contributed by atoms with Crippen LogP contribution < -0.4 is 0 Å². The molecule has 2 saturated heterocycles. The molecule has 49 heavy (non-hydrogen) atoms. The smallest absolute Gasteiger partial charge is 0.239 e. The van der Waals surface area contributed by atoms with Gasteiger partial charge in [-0.3, -0.25) is 14.0 Å². The number of likely N-dealkylation sites (tertiary alicyclic amines) is 2. The molecule has 2 aliphatic carbocycles. The Morgan fingerprint density at radius 2 is 1.14 bits per heavy atom. The van der Waals surface area contributed by atoms with Crippen LogP contribution in [0.25, 0.3) is 0 Å². The number of piperidine rings is 2. The summed E-state index contributed by atoms with van der Waals surface area (Å²) in [7, 11) is 3.56. The number of nitrogens with zero attached hydrogens (tertiary/aromatic N) is 2. The number of Topliss-reactive ketones (excluding diaryl/α,β-unsaturated/α-hetero) is 2. The Balaban J connectivity index is 0.000000191. The second kappa shape index (κ2) is 16.6. The molecule has 4 fully saturated rings. The van der Waals surface area contributed by atoms with Gasteiger partial charge in [0.15, 0.2) is 11.6 Å². The van der Waals surface area contributed by atoms with Crippen molar-refractivity contribution in [1.82, 2.24) is 9.80 Å². The van der Waals surface area contributed by atoms with Gasteiger partial charge < -0.3 is 19.3 Å². The Morgan fingerprint density at radius 3 is 1.49 bits per heavy atom. The van der Waals surface area contributed by atoms with Crippen molar-refractivity contribution in [3.8, 4) is 0 Å². The number of ether oxygens (including phenoxy) is 2. The largest absolute Gasteiger partial charge is 0.373 e. The van der Waals surface area contributed by atoms with E-state index < -0.39 is 12.0 Å². The van der Waals surface area contributed by atoms with Crippen LogP contribution in [0.3, 0.4) is 0 Å². The molecule has 0 spiro atoms. The third-order valence-electron chi connectivity index (χ3n) is 11.9. The Morgan fingerprint density at radius 1 is 0.735 bits per heavy atom. The summed E-state index contributed by atoms with van der Waals surface area (Å²) in [5, 5.41) is 0. The molecule has 2 aliphatic heterocycles. The summed E-state index contributed by atoms with van der Waals surface area (Å²) < 4.78 is 50.1. The second-order valence-electron chi connectivity index (χ2n) is 14.7. The Hall–Kier alpha value is -2.59. The summed E-state index contributed by atoms with van der Waals surface area (Å²) in [4.78, 5) is 28.2. The number of ketones is 2. The van der Waals surface area contributed by atoms with E-state index in [1.165, 1.54) is 6.42 Å². The van der Waals surface area contributed by atoms with Crippen LogP contribution in [0.5, 0.6) is 0 Å². The topological polar surface area (TPSA) is 59.1 Å². The van der Waals surface area contributed by atoms with Gasteiger partial charge in [0.25, 0.3) is 0 Å². The highest BCUT2D eigenvalue weighted by Crippen LogP contribution is 2.53. The summed E-state index contributed by atoms with van der Waals surface area (Å²) in [6.07, 6.45) is 4.97. The van der Waals surface area contributed by atoms with Gasteiger partial charge in [-0.1, -0.05) is 49.2 Å². The van der Waals surface area contributed by atoms with E-state index >= 15 is 0 Å². The number of carbonyl (C=O) groups is 2. The third-order valence-corrected chi connectivity index (χ3v) is 11.9. The van der Waals surface area contributed by atoms with Crippen molar-refractivity contribution in [3.63, 3.8) is 0 Å². The average Bonchev–Trinajstić information content (AvgIpc) is 3.09. The van der Waals surface area contributed by atoms with E-state index in [2.05, 4.69) is 21.9 Å². The van der Waals surface area contributed by atoms with Crippen LogP contribution in [0.1, 0.15) is 97.1 Å². The molecule has 4 bridgehead atoms. The Bertz CT molecular complexity index is 1390. The minimum Gasteiger partial charge on any atom is -0.373 e. The van der Waals surface area contributed by atoms with Crippen LogP contribution in [0.15, 0.2) is 48.5 Å². The van der Waals surface area contributed by atoms with Gasteiger partial charge in [0.05, 0.1) is 6.67 Å². The highest BCUT2D eigenvalue weighted by Gasteiger charge is 2.54. The van der Waals surface area contributed by atoms with E-state index in [1.54, 1.807) is 21.0 Å². The van der Waals surface area contributed by atoms with Gasteiger partial charge in [-0.05, 0) is 69.2 Å². The summed E-state index contributed by atoms with van der Waals surface area (Å²) in [6, 6.07) is 15.8. The lowest BCUT2D eigenvalue weighted by molar-refractivity contribution is -0.169. The van der Waals surface area contributed by atoms with Crippen LogP contribution >= 0.6 is 0 Å². The van der Waals surface area contributed by atoms with Crippen molar-refractivity contribution in [1.29, 1.82) is 0 Å². The lowest BCUT2D eigenvalue weighted by Crippen LogP contribution is -2.59. The number of rotatable bonds is 12. The van der Waals surface area contributed by atoms with Gasteiger partial charge in [0, 0.05) is 94.7 Å². The van der Waals surface area contributed by atoms with Gasteiger partial charge in [-0.2, -0.15) is 0 Å². The molecule has 2 aromatic carbocycles. The third kappa shape index (κ3) is 7.85. The molecular formula is C40H55F3N2O4.